The summed E-state index contributed by atoms with van der Waals surface area (Å²) in [6, 6.07) is 0. The molecule has 1 aliphatic heterocycles. The first-order valence-corrected chi connectivity index (χ1v) is 6.22. The maximum atomic E-state index is 11.1. The van der Waals surface area contributed by atoms with Crippen LogP contribution in [-0.4, -0.2) is 61.1 Å². The molecule has 0 N–H and O–H groups in total. The molecule has 0 radical (unpaired) electrons. The average Bonchev–Trinajstić information content (AvgIpc) is 2.23. The lowest BCUT2D eigenvalue weighted by atomic mass is 10.00. The smallest absolute Gasteiger partial charge is 0.330 e. The van der Waals surface area contributed by atoms with E-state index in [4.69, 9.17) is 4.74 Å². The Labute approximate surface area is 104 Å². The lowest BCUT2D eigenvalue weighted by Crippen LogP contribution is -2.57. The van der Waals surface area contributed by atoms with Gasteiger partial charge in [0.25, 0.3) is 0 Å². The highest BCUT2D eigenvalue weighted by Crippen LogP contribution is 2.18. The van der Waals surface area contributed by atoms with Crippen molar-refractivity contribution in [1.29, 1.82) is 0 Å². The first kappa shape index (κ1) is 14.2. The highest BCUT2D eigenvalue weighted by atomic mass is 16.5. The fourth-order valence-electron chi connectivity index (χ4n) is 1.99. The van der Waals surface area contributed by atoms with E-state index in [1.165, 1.54) is 6.08 Å². The predicted octanol–water partition coefficient (Wildman–Crippen LogP) is 1.13. The van der Waals surface area contributed by atoms with Gasteiger partial charge in [-0.05, 0) is 27.8 Å². The van der Waals surface area contributed by atoms with E-state index in [0.29, 0.717) is 6.61 Å². The molecule has 0 spiro atoms. The number of esters is 1. The summed E-state index contributed by atoms with van der Waals surface area (Å²) in [5, 5.41) is 0. The minimum absolute atomic E-state index is 0.204. The van der Waals surface area contributed by atoms with Gasteiger partial charge in [-0.3, -0.25) is 9.80 Å². The lowest BCUT2D eigenvalue weighted by Gasteiger charge is -2.45. The molecule has 0 aromatic rings. The van der Waals surface area contributed by atoms with Crippen LogP contribution in [-0.2, 0) is 9.53 Å². The Morgan fingerprint density at radius 2 is 2.12 bits per heavy atom. The largest absolute Gasteiger partial charge is 0.463 e. The van der Waals surface area contributed by atoms with Crippen molar-refractivity contribution in [2.24, 2.45) is 0 Å². The van der Waals surface area contributed by atoms with Crippen LogP contribution in [0.4, 0.5) is 0 Å². The quantitative estimate of drug-likeness (QED) is 0.545. The van der Waals surface area contributed by atoms with Crippen molar-refractivity contribution in [2.75, 3.05) is 39.8 Å². The van der Waals surface area contributed by atoms with E-state index in [-0.39, 0.29) is 11.5 Å². The minimum atomic E-state index is -0.249. The van der Waals surface area contributed by atoms with Gasteiger partial charge in [0, 0.05) is 37.8 Å². The fraction of sp³-hybridized carbons (Fsp3) is 0.769. The summed E-state index contributed by atoms with van der Waals surface area (Å²) in [6.07, 6.45) is 3.41. The van der Waals surface area contributed by atoms with Crippen molar-refractivity contribution >= 4 is 5.97 Å². The molecule has 0 saturated carbocycles. The predicted molar refractivity (Wildman–Crippen MR) is 68.9 cm³/mol. The van der Waals surface area contributed by atoms with Gasteiger partial charge in [0.2, 0.25) is 0 Å². The molecular weight excluding hydrogens is 216 g/mol. The first-order valence-electron chi connectivity index (χ1n) is 6.22. The highest BCUT2D eigenvalue weighted by Gasteiger charge is 2.30. The SMILES string of the molecule is CCOC(=O)/C=C/CN1CCN(C)C(C)(C)C1. The van der Waals surface area contributed by atoms with E-state index in [0.717, 1.165) is 26.2 Å². The number of ether oxygens (including phenoxy) is 1. The molecule has 1 saturated heterocycles. The van der Waals surface area contributed by atoms with Crippen molar-refractivity contribution < 1.29 is 9.53 Å². The molecular formula is C13H24N2O2. The molecule has 0 aromatic heterocycles. The Morgan fingerprint density at radius 3 is 2.71 bits per heavy atom. The monoisotopic (exact) mass is 240 g/mol. The third kappa shape index (κ3) is 4.48. The second kappa shape index (κ2) is 6.17. The standard InChI is InChI=1S/C13H24N2O2/c1-5-17-12(16)7-6-8-15-10-9-14(4)13(2,3)11-15/h6-7H,5,8-11H2,1-4H3/b7-6+. The summed E-state index contributed by atoms with van der Waals surface area (Å²) >= 11 is 0. The molecule has 0 unspecified atom stereocenters. The van der Waals surface area contributed by atoms with Gasteiger partial charge in [0.15, 0.2) is 0 Å². The molecule has 0 aliphatic carbocycles. The van der Waals surface area contributed by atoms with Crippen LogP contribution < -0.4 is 0 Å². The molecule has 0 amide bonds. The summed E-state index contributed by atoms with van der Waals surface area (Å²) in [5.74, 6) is -0.249. The van der Waals surface area contributed by atoms with Gasteiger partial charge < -0.3 is 4.74 Å². The molecule has 0 atom stereocenters. The van der Waals surface area contributed by atoms with Crippen LogP contribution in [0.2, 0.25) is 0 Å². The van der Waals surface area contributed by atoms with Crippen molar-refractivity contribution in [1.82, 2.24) is 9.80 Å². The fourth-order valence-corrected chi connectivity index (χ4v) is 1.99. The zero-order valence-electron chi connectivity index (χ0n) is 11.4. The molecule has 1 rings (SSSR count). The summed E-state index contributed by atoms with van der Waals surface area (Å²) in [4.78, 5) is 15.9. The topological polar surface area (TPSA) is 32.8 Å². The normalized spacial score (nSPS) is 21.9. The summed E-state index contributed by atoms with van der Waals surface area (Å²) in [5.41, 5.74) is 0.204. The first-order chi connectivity index (χ1) is 7.95. The van der Waals surface area contributed by atoms with Crippen LogP contribution in [0.3, 0.4) is 0 Å². The van der Waals surface area contributed by atoms with E-state index in [1.807, 2.05) is 13.0 Å². The highest BCUT2D eigenvalue weighted by molar-refractivity contribution is 5.81. The number of rotatable bonds is 4. The second-order valence-corrected chi connectivity index (χ2v) is 5.12. The molecule has 17 heavy (non-hydrogen) atoms. The van der Waals surface area contributed by atoms with Crippen LogP contribution in [0.15, 0.2) is 12.2 Å². The van der Waals surface area contributed by atoms with Crippen LogP contribution in [0.25, 0.3) is 0 Å². The Hall–Kier alpha value is -0.870. The van der Waals surface area contributed by atoms with Crippen molar-refractivity contribution in [3.8, 4) is 0 Å². The molecule has 0 bridgehead atoms. The van der Waals surface area contributed by atoms with E-state index >= 15 is 0 Å². The van der Waals surface area contributed by atoms with Gasteiger partial charge in [-0.1, -0.05) is 6.08 Å². The molecule has 98 valence electrons. The van der Waals surface area contributed by atoms with E-state index in [9.17, 15) is 4.79 Å². The zero-order chi connectivity index (χ0) is 12.9. The Bertz CT molecular complexity index is 287. The number of piperazine rings is 1. The van der Waals surface area contributed by atoms with Crippen LogP contribution in [0, 0.1) is 0 Å². The van der Waals surface area contributed by atoms with E-state index in [2.05, 4.69) is 30.7 Å². The number of likely N-dealkylation sites (N-methyl/N-ethyl adjacent to an activating group) is 1. The van der Waals surface area contributed by atoms with Gasteiger partial charge in [-0.25, -0.2) is 4.79 Å². The summed E-state index contributed by atoms with van der Waals surface area (Å²) < 4.78 is 4.84. The molecule has 1 aliphatic rings. The number of carbonyl (C=O) groups is 1. The van der Waals surface area contributed by atoms with Gasteiger partial charge in [-0.15, -0.1) is 0 Å². The van der Waals surface area contributed by atoms with E-state index in [1.54, 1.807) is 0 Å². The maximum absolute atomic E-state index is 11.1. The third-order valence-electron chi connectivity index (χ3n) is 3.30. The van der Waals surface area contributed by atoms with Crippen LogP contribution in [0.1, 0.15) is 20.8 Å². The Kier molecular flexibility index (Phi) is 5.15. The van der Waals surface area contributed by atoms with Gasteiger partial charge in [0.05, 0.1) is 6.61 Å². The van der Waals surface area contributed by atoms with Crippen LogP contribution >= 0.6 is 0 Å². The van der Waals surface area contributed by atoms with Crippen LogP contribution in [0.5, 0.6) is 0 Å². The average molecular weight is 240 g/mol. The molecule has 1 heterocycles. The van der Waals surface area contributed by atoms with Gasteiger partial charge in [-0.2, -0.15) is 0 Å². The zero-order valence-corrected chi connectivity index (χ0v) is 11.4. The van der Waals surface area contributed by atoms with Crippen molar-refractivity contribution in [3.05, 3.63) is 12.2 Å². The Balaban J connectivity index is 2.36. The minimum Gasteiger partial charge on any atom is -0.463 e. The number of hydrogen-bond acceptors (Lipinski definition) is 4. The molecule has 1 fully saturated rings. The lowest BCUT2D eigenvalue weighted by molar-refractivity contribution is -0.137. The second-order valence-electron chi connectivity index (χ2n) is 5.12. The van der Waals surface area contributed by atoms with Crippen molar-refractivity contribution in [2.45, 2.75) is 26.3 Å². The maximum Gasteiger partial charge on any atom is 0.330 e. The summed E-state index contributed by atoms with van der Waals surface area (Å²) in [6.45, 7) is 10.7. The van der Waals surface area contributed by atoms with Crippen molar-refractivity contribution in [3.63, 3.8) is 0 Å². The number of nitrogens with zero attached hydrogens (tertiary/aromatic N) is 2. The third-order valence-corrected chi connectivity index (χ3v) is 3.30. The van der Waals surface area contributed by atoms with Gasteiger partial charge >= 0.3 is 5.97 Å². The van der Waals surface area contributed by atoms with Gasteiger partial charge in [0.1, 0.15) is 0 Å². The number of hydrogen-bond donors (Lipinski definition) is 0. The summed E-state index contributed by atoms with van der Waals surface area (Å²) in [7, 11) is 2.16. The van der Waals surface area contributed by atoms with E-state index < -0.39 is 0 Å². The molecule has 4 heteroatoms. The Morgan fingerprint density at radius 1 is 1.41 bits per heavy atom. The number of carbonyl (C=O) groups excluding carboxylic acids is 1. The molecule has 0 aromatic carbocycles. The molecule has 4 nitrogen and oxygen atoms in total.